The van der Waals surface area contributed by atoms with E-state index >= 15 is 0 Å². The summed E-state index contributed by atoms with van der Waals surface area (Å²) in [7, 11) is 0. The van der Waals surface area contributed by atoms with Crippen molar-refractivity contribution in [2.75, 3.05) is 0 Å². The normalized spacial score (nSPS) is 27.2. The molecule has 19 heavy (non-hydrogen) atoms. The van der Waals surface area contributed by atoms with Crippen molar-refractivity contribution in [3.8, 4) is 11.9 Å². The number of aryl methyl sites for hydroxylation is 1. The lowest BCUT2D eigenvalue weighted by Crippen LogP contribution is -2.73. The maximum absolute atomic E-state index is 8.90. The van der Waals surface area contributed by atoms with Crippen molar-refractivity contribution in [2.24, 2.45) is 16.6 Å². The highest BCUT2D eigenvalue weighted by molar-refractivity contribution is 5.35. The van der Waals surface area contributed by atoms with Crippen molar-refractivity contribution in [3.05, 3.63) is 23.4 Å². The molecule has 102 valence electrons. The second-order valence-corrected chi connectivity index (χ2v) is 6.51. The summed E-state index contributed by atoms with van der Waals surface area (Å²) in [5.41, 5.74) is 7.33. The Hall–Kier alpha value is -1.60. The summed E-state index contributed by atoms with van der Waals surface area (Å²) >= 11 is 0. The van der Waals surface area contributed by atoms with E-state index in [0.717, 1.165) is 0 Å². The molecular weight excluding hydrogens is 238 g/mol. The first-order valence-electron chi connectivity index (χ1n) is 6.51. The van der Waals surface area contributed by atoms with Crippen LogP contribution < -0.4 is 10.5 Å². The van der Waals surface area contributed by atoms with Gasteiger partial charge in [0, 0.05) is 22.9 Å². The van der Waals surface area contributed by atoms with Gasteiger partial charge in [-0.15, -0.1) is 0 Å². The maximum atomic E-state index is 8.90. The van der Waals surface area contributed by atoms with Crippen LogP contribution in [0.25, 0.3) is 0 Å². The molecule has 1 saturated carbocycles. The third kappa shape index (κ3) is 1.98. The fourth-order valence-corrected chi connectivity index (χ4v) is 3.29. The molecule has 1 fully saturated rings. The summed E-state index contributed by atoms with van der Waals surface area (Å²) in [5, 5.41) is 8.90. The summed E-state index contributed by atoms with van der Waals surface area (Å²) in [6, 6.07) is 5.70. The number of hydrogen-bond acceptors (Lipinski definition) is 4. The molecule has 1 aliphatic carbocycles. The summed E-state index contributed by atoms with van der Waals surface area (Å²) in [5.74, 6) is 0.564. The molecule has 0 aliphatic heterocycles. The zero-order chi connectivity index (χ0) is 14.4. The Labute approximate surface area is 114 Å². The van der Waals surface area contributed by atoms with E-state index in [1.54, 1.807) is 12.1 Å². The summed E-state index contributed by atoms with van der Waals surface area (Å²) in [4.78, 5) is 4.34. The second kappa shape index (κ2) is 4.21. The first kappa shape index (κ1) is 13.8. The molecule has 2 N–H and O–H groups in total. The monoisotopic (exact) mass is 259 g/mol. The van der Waals surface area contributed by atoms with Gasteiger partial charge in [-0.2, -0.15) is 5.26 Å². The number of pyridine rings is 1. The van der Waals surface area contributed by atoms with Crippen LogP contribution in [0.5, 0.6) is 5.88 Å². The quantitative estimate of drug-likeness (QED) is 0.885. The van der Waals surface area contributed by atoms with Gasteiger partial charge >= 0.3 is 0 Å². The number of rotatable bonds is 2. The van der Waals surface area contributed by atoms with Gasteiger partial charge in [0.05, 0.1) is 11.3 Å². The molecular formula is C15H21N3O. The van der Waals surface area contributed by atoms with Crippen LogP contribution in [0.1, 0.15) is 39.0 Å². The molecule has 1 aromatic rings. The van der Waals surface area contributed by atoms with E-state index < -0.39 is 0 Å². The van der Waals surface area contributed by atoms with E-state index in [1.807, 2.05) is 6.92 Å². The number of nitriles is 1. The van der Waals surface area contributed by atoms with Gasteiger partial charge in [0.1, 0.15) is 12.2 Å². The third-order valence-corrected chi connectivity index (χ3v) is 4.37. The van der Waals surface area contributed by atoms with Gasteiger partial charge in [0.2, 0.25) is 5.88 Å². The first-order chi connectivity index (χ1) is 8.71. The maximum Gasteiger partial charge on any atom is 0.213 e. The predicted octanol–water partition coefficient (Wildman–Crippen LogP) is 2.40. The Bertz CT molecular complexity index is 527. The van der Waals surface area contributed by atoms with Gasteiger partial charge in [0.25, 0.3) is 0 Å². The van der Waals surface area contributed by atoms with Crippen LogP contribution in [0, 0.1) is 29.1 Å². The lowest BCUT2D eigenvalue weighted by atomic mass is 9.50. The van der Waals surface area contributed by atoms with Crippen LogP contribution in [0.3, 0.4) is 0 Å². The number of nitrogens with two attached hydrogens (primary N) is 1. The van der Waals surface area contributed by atoms with Gasteiger partial charge in [-0.3, -0.25) is 0 Å². The van der Waals surface area contributed by atoms with Gasteiger partial charge < -0.3 is 10.5 Å². The van der Waals surface area contributed by atoms with E-state index in [0.29, 0.717) is 17.1 Å². The lowest BCUT2D eigenvalue weighted by Gasteiger charge is -2.61. The number of aromatic nitrogens is 1. The van der Waals surface area contributed by atoms with E-state index in [2.05, 4.69) is 38.7 Å². The van der Waals surface area contributed by atoms with Crippen molar-refractivity contribution in [1.29, 1.82) is 5.26 Å². The fraction of sp³-hybridized carbons (Fsp3) is 0.600. The van der Waals surface area contributed by atoms with Crippen LogP contribution in [0.15, 0.2) is 12.1 Å². The molecule has 1 heterocycles. The van der Waals surface area contributed by atoms with Crippen LogP contribution >= 0.6 is 0 Å². The van der Waals surface area contributed by atoms with Crippen LogP contribution in [-0.2, 0) is 0 Å². The minimum absolute atomic E-state index is 0.0230. The van der Waals surface area contributed by atoms with Gasteiger partial charge in [-0.1, -0.05) is 27.7 Å². The van der Waals surface area contributed by atoms with Crippen LogP contribution in [0.4, 0.5) is 0 Å². The summed E-state index contributed by atoms with van der Waals surface area (Å²) < 4.78 is 6.03. The highest BCUT2D eigenvalue weighted by Crippen LogP contribution is 2.54. The van der Waals surface area contributed by atoms with Crippen LogP contribution in [0.2, 0.25) is 0 Å². The number of ether oxygens (including phenoxy) is 1. The van der Waals surface area contributed by atoms with E-state index in [1.165, 1.54) is 0 Å². The smallest absolute Gasteiger partial charge is 0.213 e. The van der Waals surface area contributed by atoms with Gasteiger partial charge in [-0.05, 0) is 13.0 Å². The largest absolute Gasteiger partial charge is 0.473 e. The highest BCUT2D eigenvalue weighted by Gasteiger charge is 2.62. The minimum Gasteiger partial charge on any atom is -0.473 e. The zero-order valence-electron chi connectivity index (χ0n) is 12.2. The van der Waals surface area contributed by atoms with Gasteiger partial charge in [-0.25, -0.2) is 4.98 Å². The Morgan fingerprint density at radius 2 is 1.84 bits per heavy atom. The molecule has 4 nitrogen and oxygen atoms in total. The lowest BCUT2D eigenvalue weighted by molar-refractivity contribution is -0.156. The van der Waals surface area contributed by atoms with Crippen molar-refractivity contribution in [3.63, 3.8) is 0 Å². The molecule has 0 unspecified atom stereocenters. The van der Waals surface area contributed by atoms with Crippen molar-refractivity contribution < 1.29 is 4.74 Å². The highest BCUT2D eigenvalue weighted by atomic mass is 16.5. The Morgan fingerprint density at radius 3 is 2.32 bits per heavy atom. The van der Waals surface area contributed by atoms with Crippen LogP contribution in [-0.4, -0.2) is 17.1 Å². The molecule has 4 heteroatoms. The molecule has 0 radical (unpaired) electrons. The molecule has 0 aromatic carbocycles. The zero-order valence-corrected chi connectivity index (χ0v) is 12.2. The Morgan fingerprint density at radius 1 is 1.26 bits per heavy atom. The SMILES string of the molecule is Cc1nc(OC2C(C)(C)C(N)C2(C)C)ccc1C#N. The molecule has 1 aromatic heterocycles. The predicted molar refractivity (Wildman–Crippen MR) is 73.6 cm³/mol. The molecule has 0 atom stereocenters. The summed E-state index contributed by atoms with van der Waals surface area (Å²) in [6.07, 6.45) is 0.0230. The second-order valence-electron chi connectivity index (χ2n) is 6.51. The Balaban J connectivity index is 2.23. The molecule has 1 aliphatic rings. The average Bonchev–Trinajstić information content (AvgIpc) is 2.34. The number of hydrogen-bond donors (Lipinski definition) is 1. The first-order valence-corrected chi connectivity index (χ1v) is 6.51. The fourth-order valence-electron chi connectivity index (χ4n) is 3.29. The summed E-state index contributed by atoms with van der Waals surface area (Å²) in [6.45, 7) is 10.3. The minimum atomic E-state index is -0.0764. The molecule has 0 amide bonds. The molecule has 0 bridgehead atoms. The topological polar surface area (TPSA) is 71.9 Å². The van der Waals surface area contributed by atoms with Crippen molar-refractivity contribution in [2.45, 2.75) is 46.8 Å². The van der Waals surface area contributed by atoms with E-state index in [-0.39, 0.29) is 23.0 Å². The van der Waals surface area contributed by atoms with E-state index in [9.17, 15) is 0 Å². The van der Waals surface area contributed by atoms with Crippen molar-refractivity contribution >= 4 is 0 Å². The van der Waals surface area contributed by atoms with E-state index in [4.69, 9.17) is 15.7 Å². The van der Waals surface area contributed by atoms with Gasteiger partial charge in [0.15, 0.2) is 0 Å². The number of nitrogens with zero attached hydrogens (tertiary/aromatic N) is 2. The average molecular weight is 259 g/mol. The molecule has 0 saturated heterocycles. The molecule has 0 spiro atoms. The Kier molecular flexibility index (Phi) is 3.06. The standard InChI is InChI=1S/C15H21N3O/c1-9-10(8-16)6-7-11(18-9)19-13-14(2,3)12(17)15(13,4)5/h6-7,12-13H,17H2,1-5H3. The molecule has 2 rings (SSSR count). The third-order valence-electron chi connectivity index (χ3n) is 4.37. The van der Waals surface area contributed by atoms with Crippen molar-refractivity contribution in [1.82, 2.24) is 4.98 Å².